The Kier molecular flexibility index (Phi) is 3.97. The van der Waals surface area contributed by atoms with Gasteiger partial charge < -0.3 is 14.3 Å². The molecule has 1 aromatic carbocycles. The number of ether oxygens (including phenoxy) is 1. The van der Waals surface area contributed by atoms with Crippen molar-refractivity contribution >= 4 is 17.6 Å². The average molecular weight is 292 g/mol. The van der Waals surface area contributed by atoms with E-state index in [2.05, 4.69) is 0 Å². The summed E-state index contributed by atoms with van der Waals surface area (Å²) in [4.78, 5) is 10.7. The second-order valence-electron chi connectivity index (χ2n) is 4.02. The molecule has 0 fully saturated rings. The fraction of sp³-hybridized carbons (Fsp3) is 0.143. The third kappa shape index (κ3) is 2.92. The first kappa shape index (κ1) is 14.0. The Hall–Kier alpha value is -2.45. The summed E-state index contributed by atoms with van der Waals surface area (Å²) >= 11 is 5.99. The van der Waals surface area contributed by atoms with E-state index < -0.39 is 12.1 Å². The first-order valence-electron chi connectivity index (χ1n) is 5.70. The van der Waals surface area contributed by atoms with Gasteiger partial charge in [-0.3, -0.25) is 0 Å². The van der Waals surface area contributed by atoms with Crippen molar-refractivity contribution in [3.05, 3.63) is 52.4 Å². The van der Waals surface area contributed by atoms with E-state index in [-0.39, 0.29) is 5.76 Å². The van der Waals surface area contributed by atoms with E-state index in [1.54, 1.807) is 19.1 Å². The molecule has 0 aliphatic rings. The Balaban J connectivity index is 2.16. The Labute approximate surface area is 120 Å². The van der Waals surface area contributed by atoms with E-state index in [0.29, 0.717) is 22.1 Å². The minimum atomic E-state index is -1.14. The van der Waals surface area contributed by atoms with Crippen LogP contribution in [0.25, 0.3) is 0 Å². The van der Waals surface area contributed by atoms with Crippen LogP contribution in [0.3, 0.4) is 0 Å². The highest BCUT2D eigenvalue weighted by Crippen LogP contribution is 2.30. The molecule has 0 aliphatic heterocycles. The number of benzene rings is 1. The summed E-state index contributed by atoms with van der Waals surface area (Å²) in [5.74, 6) is -0.518. The van der Waals surface area contributed by atoms with Gasteiger partial charge in [-0.1, -0.05) is 11.6 Å². The first-order chi connectivity index (χ1) is 9.51. The smallest absolute Gasteiger partial charge is 0.371 e. The molecule has 102 valence electrons. The second kappa shape index (κ2) is 5.68. The summed E-state index contributed by atoms with van der Waals surface area (Å²) in [5.41, 5.74) is 0.432. The molecule has 0 saturated heterocycles. The van der Waals surface area contributed by atoms with Crippen LogP contribution in [0.15, 0.2) is 34.7 Å². The predicted molar refractivity (Wildman–Crippen MR) is 70.9 cm³/mol. The molecule has 0 spiro atoms. The van der Waals surface area contributed by atoms with Crippen molar-refractivity contribution in [1.82, 2.24) is 0 Å². The van der Waals surface area contributed by atoms with Gasteiger partial charge >= 0.3 is 5.97 Å². The summed E-state index contributed by atoms with van der Waals surface area (Å²) in [6.07, 6.45) is -0.506. The standard InChI is InChI=1S/C14H10ClNO4/c1-8(11-4-5-13(20-11)14(17)18)19-12-3-2-9(7-16)6-10(12)15/h2-6,8H,1H3,(H,17,18). The summed E-state index contributed by atoms with van der Waals surface area (Å²) in [7, 11) is 0. The number of nitriles is 1. The second-order valence-corrected chi connectivity index (χ2v) is 4.43. The lowest BCUT2D eigenvalue weighted by Gasteiger charge is -2.13. The van der Waals surface area contributed by atoms with Crippen LogP contribution >= 0.6 is 11.6 Å². The molecule has 5 nitrogen and oxygen atoms in total. The zero-order valence-electron chi connectivity index (χ0n) is 10.5. The number of carbonyl (C=O) groups is 1. The maximum Gasteiger partial charge on any atom is 0.371 e. The molecule has 0 aliphatic carbocycles. The quantitative estimate of drug-likeness (QED) is 0.929. The molecule has 0 amide bonds. The summed E-state index contributed by atoms with van der Waals surface area (Å²) < 4.78 is 10.7. The van der Waals surface area contributed by atoms with Gasteiger partial charge in [-0.05, 0) is 37.3 Å². The molecule has 0 bridgehead atoms. The summed E-state index contributed by atoms with van der Waals surface area (Å²) in [6, 6.07) is 9.52. The van der Waals surface area contributed by atoms with E-state index in [1.165, 1.54) is 18.2 Å². The van der Waals surface area contributed by atoms with Gasteiger partial charge in [-0.2, -0.15) is 5.26 Å². The van der Waals surface area contributed by atoms with Gasteiger partial charge in [0.15, 0.2) is 6.10 Å². The molecule has 1 atom stereocenters. The number of nitrogens with zero attached hydrogens (tertiary/aromatic N) is 1. The van der Waals surface area contributed by atoms with Crippen LogP contribution in [0.4, 0.5) is 0 Å². The van der Waals surface area contributed by atoms with Crippen LogP contribution in [0.2, 0.25) is 5.02 Å². The van der Waals surface area contributed by atoms with E-state index in [1.807, 2.05) is 6.07 Å². The van der Waals surface area contributed by atoms with Crippen LogP contribution < -0.4 is 4.74 Å². The van der Waals surface area contributed by atoms with Crippen LogP contribution in [0.5, 0.6) is 5.75 Å². The predicted octanol–water partition coefficient (Wildman–Crippen LogP) is 3.64. The molecule has 1 N–H and O–H groups in total. The van der Waals surface area contributed by atoms with E-state index in [9.17, 15) is 4.79 Å². The summed E-state index contributed by atoms with van der Waals surface area (Å²) in [6.45, 7) is 1.71. The van der Waals surface area contributed by atoms with Crippen LogP contribution in [-0.2, 0) is 0 Å². The highest BCUT2D eigenvalue weighted by atomic mass is 35.5. The fourth-order valence-electron chi connectivity index (χ4n) is 1.60. The zero-order valence-corrected chi connectivity index (χ0v) is 11.2. The van der Waals surface area contributed by atoms with Crippen LogP contribution in [-0.4, -0.2) is 11.1 Å². The third-order valence-electron chi connectivity index (χ3n) is 2.60. The van der Waals surface area contributed by atoms with Gasteiger partial charge in [-0.25, -0.2) is 4.79 Å². The molecule has 20 heavy (non-hydrogen) atoms. The number of halogens is 1. The topological polar surface area (TPSA) is 83.5 Å². The number of aromatic carboxylic acids is 1. The van der Waals surface area contributed by atoms with E-state index in [0.717, 1.165) is 0 Å². The molecule has 1 unspecified atom stereocenters. The van der Waals surface area contributed by atoms with Gasteiger partial charge in [0.2, 0.25) is 5.76 Å². The SMILES string of the molecule is CC(Oc1ccc(C#N)cc1Cl)c1ccc(C(=O)O)o1. The molecule has 2 rings (SSSR count). The lowest BCUT2D eigenvalue weighted by Crippen LogP contribution is -2.02. The van der Waals surface area contributed by atoms with Gasteiger partial charge in [0.25, 0.3) is 0 Å². The number of rotatable bonds is 4. The van der Waals surface area contributed by atoms with E-state index >= 15 is 0 Å². The highest BCUT2D eigenvalue weighted by Gasteiger charge is 2.16. The molecular formula is C14H10ClNO4. The number of furan rings is 1. The van der Waals surface area contributed by atoms with Gasteiger partial charge in [0.05, 0.1) is 16.7 Å². The maximum absolute atomic E-state index is 10.7. The molecule has 1 heterocycles. The lowest BCUT2D eigenvalue weighted by molar-refractivity contribution is 0.0655. The molecule has 6 heteroatoms. The van der Waals surface area contributed by atoms with Crippen molar-refractivity contribution in [2.45, 2.75) is 13.0 Å². The zero-order chi connectivity index (χ0) is 14.7. The van der Waals surface area contributed by atoms with Crippen molar-refractivity contribution in [3.63, 3.8) is 0 Å². The monoisotopic (exact) mass is 291 g/mol. The Morgan fingerprint density at radius 3 is 2.75 bits per heavy atom. The first-order valence-corrected chi connectivity index (χ1v) is 6.08. The van der Waals surface area contributed by atoms with Crippen LogP contribution in [0.1, 0.15) is 34.9 Å². The van der Waals surface area contributed by atoms with Gasteiger partial charge in [-0.15, -0.1) is 0 Å². The van der Waals surface area contributed by atoms with Crippen molar-refractivity contribution in [3.8, 4) is 11.8 Å². The van der Waals surface area contributed by atoms with Crippen LogP contribution in [0, 0.1) is 11.3 Å². The third-order valence-corrected chi connectivity index (χ3v) is 2.90. The Morgan fingerprint density at radius 1 is 1.45 bits per heavy atom. The number of carboxylic acids is 1. The van der Waals surface area contributed by atoms with Crippen molar-refractivity contribution < 1.29 is 19.1 Å². The summed E-state index contributed by atoms with van der Waals surface area (Å²) in [5, 5.41) is 17.8. The average Bonchev–Trinajstić information content (AvgIpc) is 2.91. The Morgan fingerprint density at radius 2 is 2.20 bits per heavy atom. The highest BCUT2D eigenvalue weighted by molar-refractivity contribution is 6.32. The molecule has 0 saturated carbocycles. The molecule has 1 aromatic heterocycles. The van der Waals surface area contributed by atoms with Gasteiger partial charge in [0, 0.05) is 0 Å². The van der Waals surface area contributed by atoms with Gasteiger partial charge in [0.1, 0.15) is 11.5 Å². The minimum absolute atomic E-state index is 0.152. The molecule has 0 radical (unpaired) electrons. The number of carboxylic acid groups (broad SMARTS) is 1. The maximum atomic E-state index is 10.7. The van der Waals surface area contributed by atoms with Crippen molar-refractivity contribution in [1.29, 1.82) is 5.26 Å². The van der Waals surface area contributed by atoms with Crippen molar-refractivity contribution in [2.75, 3.05) is 0 Å². The minimum Gasteiger partial charge on any atom is -0.481 e. The van der Waals surface area contributed by atoms with E-state index in [4.69, 9.17) is 31.1 Å². The molecular weight excluding hydrogens is 282 g/mol. The normalized spacial score (nSPS) is 11.7. The largest absolute Gasteiger partial charge is 0.481 e. The number of hydrogen-bond donors (Lipinski definition) is 1. The lowest BCUT2D eigenvalue weighted by atomic mass is 10.2. The number of hydrogen-bond acceptors (Lipinski definition) is 4. The Bertz CT molecular complexity index is 687. The molecule has 2 aromatic rings. The fourth-order valence-corrected chi connectivity index (χ4v) is 1.83. The van der Waals surface area contributed by atoms with Crippen molar-refractivity contribution in [2.24, 2.45) is 0 Å².